The van der Waals surface area contributed by atoms with Crippen LogP contribution in [0.2, 0.25) is 0 Å². The first-order chi connectivity index (χ1) is 14.5. The minimum absolute atomic E-state index is 0. The molecule has 1 aliphatic rings. The molecule has 0 aliphatic carbocycles. The molecule has 1 amide bonds. The fourth-order valence-electron chi connectivity index (χ4n) is 3.83. The predicted octanol–water partition coefficient (Wildman–Crippen LogP) is 3.85. The van der Waals surface area contributed by atoms with E-state index in [2.05, 4.69) is 15.4 Å². The van der Waals surface area contributed by atoms with Crippen molar-refractivity contribution in [3.05, 3.63) is 71.8 Å². The normalized spacial score (nSPS) is 14.7. The number of nitrogens with one attached hydrogen (secondary N) is 3. The summed E-state index contributed by atoms with van der Waals surface area (Å²) in [6.45, 7) is 3.52. The predicted molar refractivity (Wildman–Crippen MR) is 127 cm³/mol. The van der Waals surface area contributed by atoms with Gasteiger partial charge in [-0.3, -0.25) is 4.79 Å². The lowest BCUT2D eigenvalue weighted by atomic mass is 10.0. The van der Waals surface area contributed by atoms with Crippen LogP contribution in [0, 0.1) is 6.92 Å². The molecule has 0 bridgehead atoms. The first kappa shape index (κ1) is 23.2. The Hall–Kier alpha value is -2.45. The molecule has 1 saturated heterocycles. The number of halogens is 1. The number of fused-ring (bicyclic) bond motifs is 1. The quantitative estimate of drug-likeness (QED) is 0.540. The summed E-state index contributed by atoms with van der Waals surface area (Å²) in [5.41, 5.74) is 2.13. The summed E-state index contributed by atoms with van der Waals surface area (Å²) in [6.07, 6.45) is 1.52. The van der Waals surface area contributed by atoms with E-state index in [1.807, 2.05) is 37.3 Å². The lowest BCUT2D eigenvalue weighted by molar-refractivity contribution is 0.102. The van der Waals surface area contributed by atoms with Gasteiger partial charge in [0.1, 0.15) is 0 Å². The Morgan fingerprint density at radius 3 is 2.29 bits per heavy atom. The van der Waals surface area contributed by atoms with E-state index in [4.69, 9.17) is 0 Å². The molecule has 1 aliphatic heterocycles. The minimum atomic E-state index is -3.70. The zero-order valence-corrected chi connectivity index (χ0v) is 18.9. The van der Waals surface area contributed by atoms with Gasteiger partial charge < -0.3 is 10.6 Å². The van der Waals surface area contributed by atoms with Crippen molar-refractivity contribution in [3.63, 3.8) is 0 Å². The van der Waals surface area contributed by atoms with Crippen LogP contribution in [0.15, 0.2) is 65.6 Å². The van der Waals surface area contributed by atoms with E-state index in [-0.39, 0.29) is 29.3 Å². The van der Waals surface area contributed by atoms with Crippen molar-refractivity contribution >= 4 is 44.8 Å². The molecule has 8 heteroatoms. The van der Waals surface area contributed by atoms with Crippen LogP contribution in [0.4, 0.5) is 5.69 Å². The zero-order valence-electron chi connectivity index (χ0n) is 17.2. The van der Waals surface area contributed by atoms with Crippen LogP contribution >= 0.6 is 12.4 Å². The lowest BCUT2D eigenvalue weighted by Gasteiger charge is -2.24. The Morgan fingerprint density at radius 1 is 0.935 bits per heavy atom. The molecule has 1 fully saturated rings. The first-order valence-electron chi connectivity index (χ1n) is 10.1. The Bertz CT molecular complexity index is 1190. The van der Waals surface area contributed by atoms with Gasteiger partial charge in [0, 0.05) is 22.7 Å². The number of anilines is 1. The molecule has 31 heavy (non-hydrogen) atoms. The topological polar surface area (TPSA) is 87.3 Å². The van der Waals surface area contributed by atoms with Gasteiger partial charge in [0.25, 0.3) is 5.91 Å². The molecule has 0 spiro atoms. The third kappa shape index (κ3) is 5.07. The van der Waals surface area contributed by atoms with Crippen LogP contribution in [0.3, 0.4) is 0 Å². The summed E-state index contributed by atoms with van der Waals surface area (Å²) in [7, 11) is -3.70. The highest BCUT2D eigenvalue weighted by molar-refractivity contribution is 7.89. The van der Waals surface area contributed by atoms with Gasteiger partial charge in [0.2, 0.25) is 10.0 Å². The number of amides is 1. The van der Waals surface area contributed by atoms with E-state index in [9.17, 15) is 13.2 Å². The minimum Gasteiger partial charge on any atom is -0.322 e. The first-order valence-corrected chi connectivity index (χ1v) is 11.6. The number of hydrogen-bond acceptors (Lipinski definition) is 4. The molecule has 1 heterocycles. The number of carbonyl (C=O) groups is 1. The maximum Gasteiger partial charge on any atom is 0.256 e. The van der Waals surface area contributed by atoms with Crippen molar-refractivity contribution in [3.8, 4) is 0 Å². The van der Waals surface area contributed by atoms with Gasteiger partial charge in [-0.1, -0.05) is 42.5 Å². The summed E-state index contributed by atoms with van der Waals surface area (Å²) in [4.78, 5) is 13.2. The van der Waals surface area contributed by atoms with Gasteiger partial charge in [-0.05, 0) is 62.0 Å². The number of sulfonamides is 1. The number of benzene rings is 3. The highest BCUT2D eigenvalue weighted by Crippen LogP contribution is 2.28. The number of hydrogen-bond donors (Lipinski definition) is 3. The van der Waals surface area contributed by atoms with Crippen molar-refractivity contribution in [2.24, 2.45) is 0 Å². The van der Waals surface area contributed by atoms with Crippen LogP contribution in [-0.2, 0) is 10.0 Å². The molecular weight excluding hydrogens is 434 g/mol. The maximum absolute atomic E-state index is 13.1. The second-order valence-electron chi connectivity index (χ2n) is 7.57. The highest BCUT2D eigenvalue weighted by Gasteiger charge is 2.25. The molecule has 0 saturated carbocycles. The molecule has 6 nitrogen and oxygen atoms in total. The van der Waals surface area contributed by atoms with Gasteiger partial charge in [-0.25, -0.2) is 13.1 Å². The van der Waals surface area contributed by atoms with Crippen LogP contribution in [0.5, 0.6) is 0 Å². The Balaban J connectivity index is 0.00000272. The Morgan fingerprint density at radius 2 is 1.58 bits per heavy atom. The monoisotopic (exact) mass is 459 g/mol. The fourth-order valence-corrected chi connectivity index (χ4v) is 5.35. The second kappa shape index (κ2) is 9.78. The number of para-hydroxylation sites is 1. The van der Waals surface area contributed by atoms with Crippen LogP contribution in [0.1, 0.15) is 28.8 Å². The average molecular weight is 460 g/mol. The van der Waals surface area contributed by atoms with Crippen molar-refractivity contribution in [1.82, 2.24) is 10.0 Å². The van der Waals surface area contributed by atoms with E-state index in [1.54, 1.807) is 24.3 Å². The molecule has 4 rings (SSSR count). The van der Waals surface area contributed by atoms with E-state index < -0.39 is 10.0 Å². The van der Waals surface area contributed by atoms with Crippen molar-refractivity contribution in [2.45, 2.75) is 30.7 Å². The largest absolute Gasteiger partial charge is 0.322 e. The smallest absolute Gasteiger partial charge is 0.256 e. The van der Waals surface area contributed by atoms with Crippen molar-refractivity contribution in [1.29, 1.82) is 0 Å². The van der Waals surface area contributed by atoms with E-state index in [1.165, 1.54) is 6.07 Å². The molecular formula is C23H26ClN3O3S. The summed E-state index contributed by atoms with van der Waals surface area (Å²) in [5, 5.41) is 7.31. The van der Waals surface area contributed by atoms with Gasteiger partial charge in [-0.2, -0.15) is 0 Å². The Labute approximate surface area is 188 Å². The van der Waals surface area contributed by atoms with E-state index >= 15 is 0 Å². The third-order valence-corrected chi connectivity index (χ3v) is 7.05. The SMILES string of the molecule is Cc1ccccc1NC(=O)c1ccc(S(=O)(=O)NC2CCNCC2)c2ccccc12.Cl. The molecule has 3 N–H and O–H groups in total. The summed E-state index contributed by atoms with van der Waals surface area (Å²) in [5.74, 6) is -0.268. The average Bonchev–Trinajstić information content (AvgIpc) is 2.75. The second-order valence-corrected chi connectivity index (χ2v) is 9.25. The van der Waals surface area contributed by atoms with Crippen LogP contribution < -0.4 is 15.4 Å². The van der Waals surface area contributed by atoms with Gasteiger partial charge in [0.05, 0.1) is 4.90 Å². The molecule has 164 valence electrons. The molecule has 3 aromatic carbocycles. The Kier molecular flexibility index (Phi) is 7.33. The maximum atomic E-state index is 13.1. The van der Waals surface area contributed by atoms with E-state index in [0.717, 1.165) is 37.2 Å². The summed E-state index contributed by atoms with van der Waals surface area (Å²) < 4.78 is 29.0. The standard InChI is InChI=1S/C23H25N3O3S.ClH/c1-16-6-2-5-9-21(16)25-23(27)20-10-11-22(19-8-4-3-7-18(19)20)30(28,29)26-17-12-14-24-15-13-17;/h2-11,17,24,26H,12-15H2,1H3,(H,25,27);1H. The van der Waals surface area contributed by atoms with Crippen LogP contribution in [-0.4, -0.2) is 33.5 Å². The molecule has 0 atom stereocenters. The molecule has 0 radical (unpaired) electrons. The highest BCUT2D eigenvalue weighted by atomic mass is 35.5. The zero-order chi connectivity index (χ0) is 21.1. The molecule has 0 unspecified atom stereocenters. The number of rotatable bonds is 5. The van der Waals surface area contributed by atoms with E-state index in [0.29, 0.717) is 16.3 Å². The number of aryl methyl sites for hydroxylation is 1. The van der Waals surface area contributed by atoms with Gasteiger partial charge in [-0.15, -0.1) is 12.4 Å². The van der Waals surface area contributed by atoms with Gasteiger partial charge >= 0.3 is 0 Å². The van der Waals surface area contributed by atoms with Crippen LogP contribution in [0.25, 0.3) is 10.8 Å². The fraction of sp³-hybridized carbons (Fsp3) is 0.261. The van der Waals surface area contributed by atoms with Crippen molar-refractivity contribution in [2.75, 3.05) is 18.4 Å². The summed E-state index contributed by atoms with van der Waals surface area (Å²) in [6, 6.07) is 17.7. The number of carbonyl (C=O) groups excluding carboxylic acids is 1. The molecule has 3 aromatic rings. The third-order valence-electron chi connectivity index (χ3n) is 5.47. The number of piperidine rings is 1. The van der Waals surface area contributed by atoms with Crippen molar-refractivity contribution < 1.29 is 13.2 Å². The molecule has 0 aromatic heterocycles. The summed E-state index contributed by atoms with van der Waals surface area (Å²) >= 11 is 0. The lowest BCUT2D eigenvalue weighted by Crippen LogP contribution is -2.42. The van der Waals surface area contributed by atoms with Gasteiger partial charge in [0.15, 0.2) is 0 Å².